The summed E-state index contributed by atoms with van der Waals surface area (Å²) < 4.78 is 10.9. The Balaban J connectivity index is 1.93. The predicted octanol–water partition coefficient (Wildman–Crippen LogP) is 3.29. The Morgan fingerprint density at radius 2 is 2.27 bits per heavy atom. The van der Waals surface area contributed by atoms with Crippen LogP contribution in [0.2, 0.25) is 0 Å². The predicted molar refractivity (Wildman–Crippen MR) is 104 cm³/mol. The van der Waals surface area contributed by atoms with Crippen LogP contribution in [0.1, 0.15) is 25.0 Å². The van der Waals surface area contributed by atoms with E-state index >= 15 is 0 Å². The van der Waals surface area contributed by atoms with Crippen LogP contribution in [0.5, 0.6) is 0 Å². The van der Waals surface area contributed by atoms with Crippen molar-refractivity contribution in [2.24, 2.45) is 16.8 Å². The van der Waals surface area contributed by atoms with Crippen molar-refractivity contribution >= 4 is 34.3 Å². The molecule has 0 amide bonds. The molecule has 3 aliphatic rings. The third-order valence-corrected chi connectivity index (χ3v) is 5.81. The van der Waals surface area contributed by atoms with Crippen molar-refractivity contribution in [3.63, 3.8) is 0 Å². The first-order valence-electron chi connectivity index (χ1n) is 8.68. The fraction of sp³-hybridized carbons (Fsp3) is 0.526. The zero-order chi connectivity index (χ0) is 18.7. The number of rotatable bonds is 6. The summed E-state index contributed by atoms with van der Waals surface area (Å²) in [6.07, 6.45) is 11.1. The summed E-state index contributed by atoms with van der Waals surface area (Å²) in [5.41, 5.74) is 0.748. The van der Waals surface area contributed by atoms with E-state index in [1.807, 2.05) is 30.5 Å². The molecule has 2 bridgehead atoms. The molecule has 3 unspecified atom stereocenters. The van der Waals surface area contributed by atoms with Crippen LogP contribution in [0.25, 0.3) is 5.57 Å². The van der Waals surface area contributed by atoms with Crippen molar-refractivity contribution < 1.29 is 14.3 Å². The average Bonchev–Trinajstić information content (AvgIpc) is 3.13. The van der Waals surface area contributed by atoms with Gasteiger partial charge in [0.15, 0.2) is 0 Å². The van der Waals surface area contributed by atoms with Gasteiger partial charge < -0.3 is 14.4 Å². The van der Waals surface area contributed by atoms with Crippen molar-refractivity contribution in [1.82, 2.24) is 9.88 Å². The molecule has 0 aromatic carbocycles. The summed E-state index contributed by atoms with van der Waals surface area (Å²) in [6, 6.07) is 0. The van der Waals surface area contributed by atoms with Crippen molar-refractivity contribution in [2.75, 3.05) is 28.3 Å². The number of hydrogen-bond donors (Lipinski definition) is 0. The summed E-state index contributed by atoms with van der Waals surface area (Å²) in [7, 11) is 6.93. The minimum atomic E-state index is -0.380. The Bertz CT molecular complexity index is 753. The number of aromatic nitrogens is 1. The van der Waals surface area contributed by atoms with Gasteiger partial charge in [-0.2, -0.15) is 0 Å². The van der Waals surface area contributed by atoms with E-state index in [4.69, 9.17) is 9.47 Å². The van der Waals surface area contributed by atoms with Crippen LogP contribution in [-0.2, 0) is 14.3 Å². The number of fused-ring (bicyclic) bond motifs is 2. The molecule has 0 N–H and O–H groups in total. The lowest BCUT2D eigenvalue weighted by Crippen LogP contribution is -2.45. The van der Waals surface area contributed by atoms with Gasteiger partial charge in [-0.3, -0.25) is 0 Å². The van der Waals surface area contributed by atoms with E-state index in [9.17, 15) is 4.79 Å². The summed E-state index contributed by atoms with van der Waals surface area (Å²) >= 11 is 1.40. The molecule has 1 aromatic rings. The monoisotopic (exact) mass is 375 g/mol. The Morgan fingerprint density at radius 1 is 1.46 bits per heavy atom. The molecule has 3 atom stereocenters. The normalized spacial score (nSPS) is 27.9. The van der Waals surface area contributed by atoms with Crippen LogP contribution < -0.4 is 0 Å². The number of nitrogens with zero attached hydrogens (tertiary/aromatic N) is 3. The summed E-state index contributed by atoms with van der Waals surface area (Å²) in [6.45, 7) is 0. The van der Waals surface area contributed by atoms with Gasteiger partial charge in [0.05, 0.1) is 30.3 Å². The maximum absolute atomic E-state index is 12.4. The van der Waals surface area contributed by atoms with Crippen molar-refractivity contribution in [2.45, 2.75) is 24.9 Å². The molecule has 7 heteroatoms. The largest absolute Gasteiger partial charge is 0.465 e. The zero-order valence-corrected chi connectivity index (χ0v) is 16.5. The highest BCUT2D eigenvalue weighted by Gasteiger charge is 2.44. The molecule has 3 aliphatic carbocycles. The topological polar surface area (TPSA) is 64.0 Å². The van der Waals surface area contributed by atoms with E-state index in [0.717, 1.165) is 19.3 Å². The number of ether oxygens (including phenoxy) is 2. The smallest absolute Gasteiger partial charge is 0.339 e. The lowest BCUT2D eigenvalue weighted by molar-refractivity contribution is -0.133. The first-order chi connectivity index (χ1) is 12.5. The second-order valence-corrected chi connectivity index (χ2v) is 7.79. The molecule has 0 saturated heterocycles. The van der Waals surface area contributed by atoms with Crippen molar-refractivity contribution in [3.8, 4) is 0 Å². The molecule has 1 aromatic heterocycles. The van der Waals surface area contributed by atoms with Crippen LogP contribution in [0.4, 0.5) is 5.13 Å². The molecule has 0 radical (unpaired) electrons. The number of thiazole rings is 1. The van der Waals surface area contributed by atoms with Crippen LogP contribution in [0, 0.1) is 11.8 Å². The first-order valence-corrected chi connectivity index (χ1v) is 9.56. The maximum atomic E-state index is 12.4. The standard InChI is InChI=1S/C19H25N3O3S/c1-22(2)12-20-18-21-16(11-26-18)15(17(23)24-3)10-14-9-13-5-7-19(14,25-4)8-6-13/h5,7,10-14H,6,8-9H2,1-4H3. The van der Waals surface area contributed by atoms with Gasteiger partial charge in [-0.05, 0) is 25.2 Å². The van der Waals surface area contributed by atoms with Crippen LogP contribution >= 0.6 is 11.3 Å². The number of allylic oxidation sites excluding steroid dienone is 1. The highest BCUT2D eigenvalue weighted by Crippen LogP contribution is 2.47. The second kappa shape index (κ2) is 7.72. The van der Waals surface area contributed by atoms with E-state index in [-0.39, 0.29) is 17.5 Å². The summed E-state index contributed by atoms with van der Waals surface area (Å²) in [4.78, 5) is 23.1. The molecule has 140 valence electrons. The highest BCUT2D eigenvalue weighted by atomic mass is 32.1. The van der Waals surface area contributed by atoms with E-state index in [2.05, 4.69) is 22.1 Å². The zero-order valence-electron chi connectivity index (χ0n) is 15.6. The fourth-order valence-corrected chi connectivity index (χ4v) is 4.29. The van der Waals surface area contributed by atoms with Gasteiger partial charge in [-0.25, -0.2) is 14.8 Å². The summed E-state index contributed by atoms with van der Waals surface area (Å²) in [5.74, 6) is 0.291. The Hall–Kier alpha value is -1.99. The van der Waals surface area contributed by atoms with Gasteiger partial charge in [-0.1, -0.05) is 18.2 Å². The molecular formula is C19H25N3O3S. The van der Waals surface area contributed by atoms with Gasteiger partial charge >= 0.3 is 5.97 Å². The number of carbonyl (C=O) groups excluding carboxylic acids is 1. The Labute approximate surface area is 158 Å². The van der Waals surface area contributed by atoms with Gasteiger partial charge in [-0.15, -0.1) is 11.3 Å². The summed E-state index contributed by atoms with van der Waals surface area (Å²) in [5, 5.41) is 2.46. The SMILES string of the molecule is COC(=O)C(=CC1CC2C=CC1(OC)CC2)c1csc(N=CN(C)C)n1. The molecule has 1 saturated carbocycles. The number of carbonyl (C=O) groups is 1. The minimum Gasteiger partial charge on any atom is -0.465 e. The van der Waals surface area contributed by atoms with Crippen molar-refractivity contribution in [3.05, 3.63) is 29.3 Å². The van der Waals surface area contributed by atoms with Gasteiger partial charge in [0.25, 0.3) is 0 Å². The third-order valence-electron chi connectivity index (χ3n) is 5.06. The van der Waals surface area contributed by atoms with E-state index < -0.39 is 0 Å². The number of methoxy groups -OCH3 is 2. The Morgan fingerprint density at radius 3 is 2.88 bits per heavy atom. The quantitative estimate of drug-likeness (QED) is 0.251. The number of hydrogen-bond acceptors (Lipinski definition) is 6. The van der Waals surface area contributed by atoms with Crippen molar-refractivity contribution in [1.29, 1.82) is 0 Å². The average molecular weight is 375 g/mol. The van der Waals surface area contributed by atoms with Crippen LogP contribution in [0.3, 0.4) is 0 Å². The molecular weight excluding hydrogens is 350 g/mol. The second-order valence-electron chi connectivity index (χ2n) is 6.95. The molecule has 1 fully saturated rings. The van der Waals surface area contributed by atoms with Crippen LogP contribution in [0.15, 0.2) is 28.6 Å². The van der Waals surface area contributed by atoms with E-state index in [0.29, 0.717) is 22.3 Å². The number of esters is 1. The van der Waals surface area contributed by atoms with E-state index in [1.54, 1.807) is 13.4 Å². The van der Waals surface area contributed by atoms with Crippen LogP contribution in [-0.4, -0.2) is 56.1 Å². The molecule has 26 heavy (non-hydrogen) atoms. The molecule has 6 nitrogen and oxygen atoms in total. The van der Waals surface area contributed by atoms with E-state index in [1.165, 1.54) is 18.4 Å². The minimum absolute atomic E-state index is 0.126. The number of aliphatic imine (C=N–C) groups is 1. The Kier molecular flexibility index (Phi) is 5.58. The lowest BCUT2D eigenvalue weighted by Gasteiger charge is -2.46. The van der Waals surface area contributed by atoms with Gasteiger partial charge in [0, 0.05) is 32.5 Å². The van der Waals surface area contributed by atoms with Gasteiger partial charge in [0.1, 0.15) is 0 Å². The third kappa shape index (κ3) is 3.73. The van der Waals surface area contributed by atoms with Gasteiger partial charge in [0.2, 0.25) is 5.13 Å². The maximum Gasteiger partial charge on any atom is 0.339 e. The lowest BCUT2D eigenvalue weighted by atomic mass is 9.65. The molecule has 0 spiro atoms. The first kappa shape index (κ1) is 18.8. The molecule has 4 rings (SSSR count). The fourth-order valence-electron chi connectivity index (χ4n) is 3.63. The molecule has 0 aliphatic heterocycles. The molecule has 1 heterocycles. The highest BCUT2D eigenvalue weighted by molar-refractivity contribution is 7.13.